The molecule has 0 N–H and O–H groups in total. The number of hydrogen-bond donors (Lipinski definition) is 0. The quantitative estimate of drug-likeness (QED) is 0.794. The van der Waals surface area contributed by atoms with Crippen LogP contribution >= 0.6 is 11.3 Å². The van der Waals surface area contributed by atoms with Gasteiger partial charge in [-0.2, -0.15) is 4.98 Å². The molecule has 0 aromatic carbocycles. The van der Waals surface area contributed by atoms with Crippen LogP contribution < -0.4 is 9.57 Å². The molecule has 3 heterocycles. The molecular weight excluding hydrogens is 304 g/mol. The smallest absolute Gasteiger partial charge is 0.356 e. The second-order valence-corrected chi connectivity index (χ2v) is 5.98. The Morgan fingerprint density at radius 3 is 2.64 bits per heavy atom. The molecule has 1 aliphatic rings. The molecular formula is C15H14N2O4S. The Balaban J connectivity index is 1.97. The number of aryl methyl sites for hydroxylation is 1. The predicted octanol–water partition coefficient (Wildman–Crippen LogP) is 2.14. The number of nitrogens with zero attached hydrogens (tertiary/aromatic N) is 2. The van der Waals surface area contributed by atoms with E-state index in [1.807, 2.05) is 6.92 Å². The zero-order chi connectivity index (χ0) is 15.9. The largest absolute Gasteiger partial charge is 0.387 e. The van der Waals surface area contributed by atoms with Crippen molar-refractivity contribution in [1.29, 1.82) is 0 Å². The molecule has 0 radical (unpaired) electrons. The number of imidazole rings is 1. The van der Waals surface area contributed by atoms with Gasteiger partial charge in [0.25, 0.3) is 0 Å². The second kappa shape index (κ2) is 5.42. The average molecular weight is 318 g/mol. The van der Waals surface area contributed by atoms with Gasteiger partial charge in [-0.15, -0.1) is 16.1 Å². The number of rotatable bonds is 2. The fourth-order valence-electron chi connectivity index (χ4n) is 2.18. The molecule has 2 aromatic rings. The molecule has 22 heavy (non-hydrogen) atoms. The van der Waals surface area contributed by atoms with Crippen LogP contribution in [0.1, 0.15) is 34.5 Å². The van der Waals surface area contributed by atoms with Crippen molar-refractivity contribution in [3.63, 3.8) is 0 Å². The van der Waals surface area contributed by atoms with Gasteiger partial charge in [-0.25, -0.2) is 9.59 Å². The topological polar surface area (TPSA) is 70.4 Å². The fourth-order valence-corrected chi connectivity index (χ4v) is 3.32. The molecule has 0 bridgehead atoms. The zero-order valence-corrected chi connectivity index (χ0v) is 13.1. The highest BCUT2D eigenvalue weighted by molar-refractivity contribution is 7.10. The van der Waals surface area contributed by atoms with Crippen LogP contribution in [-0.2, 0) is 9.59 Å². The minimum Gasteiger partial charge on any atom is -0.387 e. The summed E-state index contributed by atoms with van der Waals surface area (Å²) in [7, 11) is 0. The maximum absolute atomic E-state index is 11.5. The third kappa shape index (κ3) is 2.55. The van der Waals surface area contributed by atoms with Gasteiger partial charge in [-0.3, -0.25) is 0 Å². The molecule has 7 heteroatoms. The van der Waals surface area contributed by atoms with E-state index in [1.165, 1.54) is 16.0 Å². The summed E-state index contributed by atoms with van der Waals surface area (Å²) >= 11 is 1.66. The molecule has 2 aromatic heterocycles. The van der Waals surface area contributed by atoms with Crippen LogP contribution in [0.3, 0.4) is 0 Å². The van der Waals surface area contributed by atoms with Crippen LogP contribution in [0.5, 0.6) is 6.01 Å². The van der Waals surface area contributed by atoms with E-state index in [-0.39, 0.29) is 11.9 Å². The van der Waals surface area contributed by atoms with Gasteiger partial charge >= 0.3 is 17.9 Å². The SMILES string of the molecule is Cc1csc(C(C)c2cn3c(n2)OC(=O)/C=C/C(=O)O3)c1C. The number of aromatic nitrogens is 2. The monoisotopic (exact) mass is 318 g/mol. The van der Waals surface area contributed by atoms with Crippen molar-refractivity contribution in [2.45, 2.75) is 26.7 Å². The third-order valence-corrected chi connectivity index (χ3v) is 4.94. The fraction of sp³-hybridized carbons (Fsp3) is 0.267. The van der Waals surface area contributed by atoms with Gasteiger partial charge in [0.1, 0.15) is 0 Å². The lowest BCUT2D eigenvalue weighted by atomic mass is 10.0. The van der Waals surface area contributed by atoms with E-state index >= 15 is 0 Å². The number of esters is 1. The van der Waals surface area contributed by atoms with Crippen molar-refractivity contribution >= 4 is 23.3 Å². The average Bonchev–Trinajstić information content (AvgIpc) is 3.00. The van der Waals surface area contributed by atoms with Gasteiger partial charge in [0.05, 0.1) is 11.9 Å². The zero-order valence-electron chi connectivity index (χ0n) is 12.3. The van der Waals surface area contributed by atoms with E-state index in [9.17, 15) is 9.59 Å². The van der Waals surface area contributed by atoms with Crippen LogP contribution in [0, 0.1) is 13.8 Å². The van der Waals surface area contributed by atoms with Gasteiger partial charge in [0.15, 0.2) is 0 Å². The Labute approximate surface area is 130 Å². The van der Waals surface area contributed by atoms with Gasteiger partial charge in [0, 0.05) is 22.9 Å². The molecule has 0 saturated carbocycles. The Morgan fingerprint density at radius 1 is 1.23 bits per heavy atom. The van der Waals surface area contributed by atoms with Gasteiger partial charge in [0.2, 0.25) is 0 Å². The van der Waals surface area contributed by atoms with Crippen LogP contribution in [0.15, 0.2) is 23.7 Å². The van der Waals surface area contributed by atoms with Crippen molar-refractivity contribution < 1.29 is 19.2 Å². The lowest BCUT2D eigenvalue weighted by molar-refractivity contribution is -0.142. The molecule has 3 rings (SSSR count). The Bertz CT molecular complexity index is 750. The van der Waals surface area contributed by atoms with Crippen molar-refractivity contribution in [2.24, 2.45) is 0 Å². The van der Waals surface area contributed by atoms with E-state index in [4.69, 9.17) is 9.57 Å². The summed E-state index contributed by atoms with van der Waals surface area (Å²) in [6.45, 7) is 6.13. The van der Waals surface area contributed by atoms with Gasteiger partial charge in [-0.1, -0.05) is 6.92 Å². The first-order valence-electron chi connectivity index (χ1n) is 6.71. The van der Waals surface area contributed by atoms with E-state index in [2.05, 4.69) is 24.2 Å². The van der Waals surface area contributed by atoms with E-state index in [0.717, 1.165) is 16.9 Å². The molecule has 114 valence electrons. The molecule has 0 aliphatic carbocycles. The normalized spacial score (nSPS) is 17.0. The molecule has 0 fully saturated rings. The summed E-state index contributed by atoms with van der Waals surface area (Å²) in [5.74, 6) is -1.31. The number of carbonyl (C=O) groups excluding carboxylic acids is 2. The summed E-state index contributed by atoms with van der Waals surface area (Å²) < 4.78 is 6.13. The Hall–Kier alpha value is -2.41. The number of hydrogen-bond acceptors (Lipinski definition) is 6. The summed E-state index contributed by atoms with van der Waals surface area (Å²) in [5, 5.41) is 2.09. The highest BCUT2D eigenvalue weighted by Crippen LogP contribution is 2.33. The minimum atomic E-state index is -0.661. The first-order chi connectivity index (χ1) is 10.5. The highest BCUT2D eigenvalue weighted by atomic mass is 32.1. The summed E-state index contributed by atoms with van der Waals surface area (Å²) in [5.41, 5.74) is 3.11. The first-order valence-corrected chi connectivity index (χ1v) is 7.59. The van der Waals surface area contributed by atoms with Gasteiger partial charge < -0.3 is 9.57 Å². The maximum atomic E-state index is 11.5. The second-order valence-electron chi connectivity index (χ2n) is 5.07. The molecule has 0 spiro atoms. The first kappa shape index (κ1) is 14.5. The van der Waals surface area contributed by atoms with Crippen LogP contribution in [-0.4, -0.2) is 21.7 Å². The van der Waals surface area contributed by atoms with Crippen LogP contribution in [0.4, 0.5) is 0 Å². The number of thiophene rings is 1. The third-order valence-electron chi connectivity index (χ3n) is 3.56. The Morgan fingerprint density at radius 2 is 1.95 bits per heavy atom. The van der Waals surface area contributed by atoms with Crippen LogP contribution in [0.2, 0.25) is 0 Å². The maximum Gasteiger partial charge on any atom is 0.356 e. The molecule has 1 aliphatic heterocycles. The van der Waals surface area contributed by atoms with Gasteiger partial charge in [-0.05, 0) is 30.4 Å². The van der Waals surface area contributed by atoms with E-state index in [0.29, 0.717) is 5.69 Å². The molecule has 1 unspecified atom stereocenters. The molecule has 1 atom stereocenters. The lowest BCUT2D eigenvalue weighted by Crippen LogP contribution is -2.22. The van der Waals surface area contributed by atoms with E-state index in [1.54, 1.807) is 17.5 Å². The van der Waals surface area contributed by atoms with E-state index < -0.39 is 11.9 Å². The van der Waals surface area contributed by atoms with Crippen molar-refractivity contribution in [3.8, 4) is 6.01 Å². The number of carbonyl (C=O) groups is 2. The lowest BCUT2D eigenvalue weighted by Gasteiger charge is -2.07. The molecule has 0 saturated heterocycles. The van der Waals surface area contributed by atoms with Crippen molar-refractivity contribution in [1.82, 2.24) is 9.71 Å². The summed E-state index contributed by atoms with van der Waals surface area (Å²) in [6, 6.07) is -0.0459. The Kier molecular flexibility index (Phi) is 3.58. The van der Waals surface area contributed by atoms with Crippen molar-refractivity contribution in [2.75, 3.05) is 0 Å². The standard InChI is InChI=1S/C15H14N2O4S/c1-8-7-22-14(9(8)2)10(3)11-6-17-15(16-11)20-12(18)4-5-13(19)21-17/h4-7,10H,1-3H3/b5-4+. The molecule has 0 amide bonds. The summed E-state index contributed by atoms with van der Waals surface area (Å²) in [4.78, 5) is 33.5. The number of fused-ring (bicyclic) bond motifs is 1. The summed E-state index contributed by atoms with van der Waals surface area (Å²) in [6.07, 6.45) is 3.59. The van der Waals surface area contributed by atoms with Crippen LogP contribution in [0.25, 0.3) is 0 Å². The minimum absolute atomic E-state index is 0.00446. The number of ether oxygens (including phenoxy) is 1. The molecule has 6 nitrogen and oxygen atoms in total. The van der Waals surface area contributed by atoms with Crippen molar-refractivity contribution in [3.05, 3.63) is 45.4 Å². The predicted molar refractivity (Wildman–Crippen MR) is 79.9 cm³/mol. The highest BCUT2D eigenvalue weighted by Gasteiger charge is 2.23.